The van der Waals surface area contributed by atoms with E-state index in [9.17, 15) is 18.0 Å². The number of rotatable bonds is 5. The minimum absolute atomic E-state index is 0.0342. The molecule has 178 valence electrons. The summed E-state index contributed by atoms with van der Waals surface area (Å²) in [6.45, 7) is 9.63. The van der Waals surface area contributed by atoms with E-state index in [1.54, 1.807) is 11.0 Å². The molecule has 2 N–H and O–H groups in total. The van der Waals surface area contributed by atoms with Gasteiger partial charge in [-0.1, -0.05) is 32.4 Å². The first-order chi connectivity index (χ1) is 15.0. The highest BCUT2D eigenvalue weighted by Crippen LogP contribution is 2.37. The SMILES string of the molecule is CC[C@@H](C)[C@H]1NC2(CCN(C(=S)NC(C)C)CC2)N(Cc2cccc(C(F)(F)F)c2)C1=O. The lowest BCUT2D eigenvalue weighted by atomic mass is 9.95. The molecule has 2 atom stereocenters. The number of halogens is 3. The number of carbonyl (C=O) groups is 1. The maximum Gasteiger partial charge on any atom is 0.416 e. The van der Waals surface area contributed by atoms with E-state index in [0.717, 1.165) is 18.6 Å². The largest absolute Gasteiger partial charge is 0.416 e. The van der Waals surface area contributed by atoms with E-state index >= 15 is 0 Å². The summed E-state index contributed by atoms with van der Waals surface area (Å²) in [5.41, 5.74) is -0.788. The van der Waals surface area contributed by atoms with E-state index in [-0.39, 0.29) is 30.5 Å². The highest BCUT2D eigenvalue weighted by Gasteiger charge is 2.52. The molecule has 0 aromatic heterocycles. The maximum absolute atomic E-state index is 13.4. The van der Waals surface area contributed by atoms with Crippen LogP contribution in [0, 0.1) is 5.92 Å². The number of nitrogens with one attached hydrogen (secondary N) is 2. The van der Waals surface area contributed by atoms with Crippen molar-refractivity contribution in [3.05, 3.63) is 35.4 Å². The first kappa shape index (κ1) is 24.8. The van der Waals surface area contributed by atoms with Crippen LogP contribution in [0.5, 0.6) is 0 Å². The Morgan fingerprint density at radius 2 is 1.94 bits per heavy atom. The second-order valence-electron chi connectivity index (χ2n) is 9.25. The van der Waals surface area contributed by atoms with Crippen molar-refractivity contribution in [2.24, 2.45) is 5.92 Å². The molecule has 1 spiro atoms. The number of alkyl halides is 3. The van der Waals surface area contributed by atoms with Gasteiger partial charge >= 0.3 is 6.18 Å². The Bertz CT molecular complexity index is 837. The van der Waals surface area contributed by atoms with E-state index in [0.29, 0.717) is 36.6 Å². The number of piperidine rings is 1. The van der Waals surface area contributed by atoms with Gasteiger partial charge in [-0.3, -0.25) is 10.1 Å². The molecule has 0 unspecified atom stereocenters. The first-order valence-corrected chi connectivity index (χ1v) is 11.7. The minimum Gasteiger partial charge on any atom is -0.360 e. The molecule has 2 fully saturated rings. The standard InChI is InChI=1S/C23H33F3N4OS/c1-5-16(4)19-20(31)30(14-17-7-6-8-18(13-17)23(24,25)26)22(28-19)9-11-29(12-10-22)21(32)27-15(2)3/h6-8,13,15-16,19,28H,5,9-12,14H2,1-4H3,(H,27,32)/t16-,19-/m1/s1. The third-order valence-corrected chi connectivity index (χ3v) is 6.95. The van der Waals surface area contributed by atoms with Gasteiger partial charge < -0.3 is 15.1 Å². The van der Waals surface area contributed by atoms with Gasteiger partial charge in [0, 0.05) is 38.5 Å². The van der Waals surface area contributed by atoms with Crippen molar-refractivity contribution in [3.8, 4) is 0 Å². The third kappa shape index (κ3) is 5.20. The van der Waals surface area contributed by atoms with E-state index < -0.39 is 17.4 Å². The van der Waals surface area contributed by atoms with Crippen LogP contribution in [0.1, 0.15) is 58.1 Å². The molecule has 5 nitrogen and oxygen atoms in total. The van der Waals surface area contributed by atoms with Gasteiger partial charge in [0.05, 0.1) is 17.3 Å². The monoisotopic (exact) mass is 470 g/mol. The molecular weight excluding hydrogens is 437 g/mol. The van der Waals surface area contributed by atoms with Crippen LogP contribution in [0.3, 0.4) is 0 Å². The molecule has 0 bridgehead atoms. The normalized spacial score (nSPS) is 22.0. The minimum atomic E-state index is -4.41. The third-order valence-electron chi connectivity index (χ3n) is 6.57. The molecule has 1 amide bonds. The smallest absolute Gasteiger partial charge is 0.360 e. The van der Waals surface area contributed by atoms with Crippen molar-refractivity contribution in [2.75, 3.05) is 13.1 Å². The predicted molar refractivity (Wildman–Crippen MR) is 123 cm³/mol. The lowest BCUT2D eigenvalue weighted by Crippen LogP contribution is -2.60. The Balaban J connectivity index is 1.84. The van der Waals surface area contributed by atoms with Crippen LogP contribution in [0.15, 0.2) is 24.3 Å². The fraction of sp³-hybridized carbons (Fsp3) is 0.652. The number of benzene rings is 1. The van der Waals surface area contributed by atoms with Crippen molar-refractivity contribution in [2.45, 2.75) is 77.4 Å². The second kappa shape index (κ2) is 9.55. The van der Waals surface area contributed by atoms with Crippen molar-refractivity contribution in [1.29, 1.82) is 0 Å². The van der Waals surface area contributed by atoms with E-state index in [1.165, 1.54) is 6.07 Å². The van der Waals surface area contributed by atoms with Crippen LogP contribution in [-0.2, 0) is 17.5 Å². The quantitative estimate of drug-likeness (QED) is 0.634. The van der Waals surface area contributed by atoms with Gasteiger partial charge in [-0.25, -0.2) is 0 Å². The molecule has 2 aliphatic heterocycles. The molecule has 1 aromatic rings. The Morgan fingerprint density at radius 1 is 1.28 bits per heavy atom. The van der Waals surface area contributed by atoms with Crippen LogP contribution in [0.2, 0.25) is 0 Å². The summed E-state index contributed by atoms with van der Waals surface area (Å²) >= 11 is 5.51. The van der Waals surface area contributed by atoms with Gasteiger partial charge in [0.2, 0.25) is 5.91 Å². The van der Waals surface area contributed by atoms with Gasteiger partial charge in [-0.15, -0.1) is 0 Å². The first-order valence-electron chi connectivity index (χ1n) is 11.3. The van der Waals surface area contributed by atoms with Crippen LogP contribution in [-0.4, -0.2) is 51.7 Å². The zero-order valence-electron chi connectivity index (χ0n) is 19.1. The van der Waals surface area contributed by atoms with Crippen molar-refractivity contribution >= 4 is 23.2 Å². The number of nitrogens with zero attached hydrogens (tertiary/aromatic N) is 2. The van der Waals surface area contributed by atoms with Gasteiger partial charge in [0.1, 0.15) is 0 Å². The van der Waals surface area contributed by atoms with Crippen molar-refractivity contribution < 1.29 is 18.0 Å². The molecule has 9 heteroatoms. The van der Waals surface area contributed by atoms with Crippen molar-refractivity contribution in [1.82, 2.24) is 20.4 Å². The van der Waals surface area contributed by atoms with Crippen LogP contribution in [0.4, 0.5) is 13.2 Å². The lowest BCUT2D eigenvalue weighted by molar-refractivity contribution is -0.137. The van der Waals surface area contributed by atoms with E-state index in [1.807, 2.05) is 27.7 Å². The molecule has 2 heterocycles. The predicted octanol–water partition coefficient (Wildman–Crippen LogP) is 4.13. The molecule has 0 aliphatic carbocycles. The summed E-state index contributed by atoms with van der Waals surface area (Å²) in [5.74, 6) is 0.0979. The van der Waals surface area contributed by atoms with Crippen LogP contribution < -0.4 is 10.6 Å². The number of hydrogen-bond donors (Lipinski definition) is 2. The molecule has 1 aromatic carbocycles. The summed E-state index contributed by atoms with van der Waals surface area (Å²) in [4.78, 5) is 17.3. The summed E-state index contributed by atoms with van der Waals surface area (Å²) in [7, 11) is 0. The fourth-order valence-corrected chi connectivity index (χ4v) is 4.94. The number of likely N-dealkylation sites (tertiary alicyclic amines) is 1. The molecule has 0 radical (unpaired) electrons. The average molecular weight is 471 g/mol. The molecular formula is C23H33F3N4OS. The summed E-state index contributed by atoms with van der Waals surface area (Å²) < 4.78 is 39.6. The van der Waals surface area contributed by atoms with E-state index in [4.69, 9.17) is 12.2 Å². The van der Waals surface area contributed by atoms with Gasteiger partial charge in [-0.2, -0.15) is 13.2 Å². The zero-order valence-corrected chi connectivity index (χ0v) is 19.9. The number of carbonyl (C=O) groups excluding carboxylic acids is 1. The second-order valence-corrected chi connectivity index (χ2v) is 9.64. The topological polar surface area (TPSA) is 47.6 Å². The summed E-state index contributed by atoms with van der Waals surface area (Å²) in [6.07, 6.45) is -2.26. The Hall–Kier alpha value is -1.87. The number of amides is 1. The van der Waals surface area contributed by atoms with Gasteiger partial charge in [0.15, 0.2) is 5.11 Å². The van der Waals surface area contributed by atoms with Crippen LogP contribution in [0.25, 0.3) is 0 Å². The maximum atomic E-state index is 13.4. The van der Waals surface area contributed by atoms with Crippen molar-refractivity contribution in [3.63, 3.8) is 0 Å². The number of thiocarbonyl (C=S) groups is 1. The number of hydrogen-bond acceptors (Lipinski definition) is 3. The van der Waals surface area contributed by atoms with Gasteiger partial charge in [0.25, 0.3) is 0 Å². The molecule has 2 saturated heterocycles. The molecule has 2 aliphatic rings. The molecule has 3 rings (SSSR count). The average Bonchev–Trinajstić information content (AvgIpc) is 2.99. The fourth-order valence-electron chi connectivity index (χ4n) is 4.52. The highest BCUT2D eigenvalue weighted by molar-refractivity contribution is 7.80. The van der Waals surface area contributed by atoms with Gasteiger partial charge in [-0.05, 0) is 49.7 Å². The Morgan fingerprint density at radius 3 is 2.50 bits per heavy atom. The Labute approximate surface area is 193 Å². The lowest BCUT2D eigenvalue weighted by Gasteiger charge is -2.45. The van der Waals surface area contributed by atoms with Crippen LogP contribution >= 0.6 is 12.2 Å². The zero-order chi connectivity index (χ0) is 23.7. The Kier molecular flexibility index (Phi) is 7.39. The summed E-state index contributed by atoms with van der Waals surface area (Å²) in [6, 6.07) is 5.17. The highest BCUT2D eigenvalue weighted by atomic mass is 32.1. The van der Waals surface area contributed by atoms with E-state index in [2.05, 4.69) is 15.5 Å². The summed E-state index contributed by atoms with van der Waals surface area (Å²) in [5, 5.41) is 7.54. The molecule has 32 heavy (non-hydrogen) atoms. The molecule has 0 saturated carbocycles.